The zero-order valence-corrected chi connectivity index (χ0v) is 11.7. The van der Waals surface area contributed by atoms with E-state index in [1.165, 1.54) is 6.20 Å². The minimum atomic E-state index is -0.593. The fourth-order valence-electron chi connectivity index (χ4n) is 1.63. The number of carbonyl (C=O) groups excluding carboxylic acids is 2. The minimum Gasteiger partial charge on any atom is -0.491 e. The normalized spacial score (nSPS) is 10.1. The average molecular weight is 279 g/mol. The lowest BCUT2D eigenvalue weighted by molar-refractivity contribution is -0.118. The van der Waals surface area contributed by atoms with Gasteiger partial charge in [0.2, 0.25) is 5.91 Å². The number of nitrogens with zero attached hydrogens (tertiary/aromatic N) is 1. The van der Waals surface area contributed by atoms with Crippen LogP contribution in [0.2, 0.25) is 0 Å². The molecule has 0 saturated heterocycles. The monoisotopic (exact) mass is 279 g/mol. The molecule has 1 aromatic rings. The van der Waals surface area contributed by atoms with Crippen molar-refractivity contribution < 1.29 is 14.3 Å². The van der Waals surface area contributed by atoms with E-state index in [0.29, 0.717) is 12.4 Å². The smallest absolute Gasteiger partial charge is 0.280 e. The van der Waals surface area contributed by atoms with Crippen molar-refractivity contribution in [3.05, 3.63) is 24.0 Å². The Hall–Kier alpha value is -1.95. The second-order valence-corrected chi connectivity index (χ2v) is 4.34. The molecule has 0 aromatic carbocycles. The van der Waals surface area contributed by atoms with Gasteiger partial charge in [-0.1, -0.05) is 26.2 Å². The molecule has 0 bridgehead atoms. The zero-order valence-electron chi connectivity index (χ0n) is 11.7. The number of ether oxygens (including phenoxy) is 1. The Balaban J connectivity index is 2.58. The number of unbranched alkanes of at least 4 members (excludes halogenated alkanes) is 3. The second kappa shape index (κ2) is 9.03. The predicted molar refractivity (Wildman–Crippen MR) is 75.4 cm³/mol. The molecular formula is C14H21N3O3. The third kappa shape index (κ3) is 5.36. The van der Waals surface area contributed by atoms with Crippen LogP contribution in [0.3, 0.4) is 0 Å². The number of amides is 2. The number of pyridine rings is 1. The highest BCUT2D eigenvalue weighted by atomic mass is 16.5. The van der Waals surface area contributed by atoms with E-state index in [4.69, 9.17) is 10.5 Å². The first-order valence-corrected chi connectivity index (χ1v) is 6.81. The van der Waals surface area contributed by atoms with Gasteiger partial charge in [0.1, 0.15) is 0 Å². The largest absolute Gasteiger partial charge is 0.491 e. The predicted octanol–water partition coefficient (Wildman–Crippen LogP) is 1.26. The SMILES string of the molecule is CCCCCCOc1cccnc1C(=O)NC(=O)CN. The Bertz CT molecular complexity index is 449. The van der Waals surface area contributed by atoms with Gasteiger partial charge in [-0.05, 0) is 18.6 Å². The molecule has 0 saturated carbocycles. The van der Waals surface area contributed by atoms with Gasteiger partial charge in [-0.15, -0.1) is 0 Å². The summed E-state index contributed by atoms with van der Waals surface area (Å²) >= 11 is 0. The van der Waals surface area contributed by atoms with Gasteiger partial charge in [0.15, 0.2) is 11.4 Å². The molecule has 1 heterocycles. The maximum absolute atomic E-state index is 11.8. The lowest BCUT2D eigenvalue weighted by atomic mass is 10.2. The van der Waals surface area contributed by atoms with Crippen LogP contribution in [-0.4, -0.2) is 29.9 Å². The van der Waals surface area contributed by atoms with Crippen molar-refractivity contribution in [2.75, 3.05) is 13.2 Å². The Morgan fingerprint density at radius 3 is 2.85 bits per heavy atom. The highest BCUT2D eigenvalue weighted by Crippen LogP contribution is 2.15. The van der Waals surface area contributed by atoms with E-state index >= 15 is 0 Å². The molecule has 3 N–H and O–H groups in total. The molecular weight excluding hydrogens is 258 g/mol. The van der Waals surface area contributed by atoms with E-state index < -0.39 is 11.8 Å². The van der Waals surface area contributed by atoms with E-state index in [-0.39, 0.29) is 12.2 Å². The molecule has 20 heavy (non-hydrogen) atoms. The number of hydrogen-bond donors (Lipinski definition) is 2. The molecule has 6 nitrogen and oxygen atoms in total. The Morgan fingerprint density at radius 2 is 2.15 bits per heavy atom. The summed E-state index contributed by atoms with van der Waals surface area (Å²) in [6.45, 7) is 2.42. The van der Waals surface area contributed by atoms with Crippen molar-refractivity contribution in [3.63, 3.8) is 0 Å². The van der Waals surface area contributed by atoms with Gasteiger partial charge < -0.3 is 10.5 Å². The van der Waals surface area contributed by atoms with Crippen LogP contribution in [0, 0.1) is 0 Å². The first kappa shape index (κ1) is 16.1. The molecule has 2 amide bonds. The standard InChI is InChI=1S/C14H21N3O3/c1-2-3-4-5-9-20-11-7-6-8-16-13(11)14(19)17-12(18)10-15/h6-8H,2-5,9-10,15H2,1H3,(H,17,18,19). The van der Waals surface area contributed by atoms with Crippen LogP contribution >= 0.6 is 0 Å². The molecule has 6 heteroatoms. The lowest BCUT2D eigenvalue weighted by Gasteiger charge is -2.10. The van der Waals surface area contributed by atoms with Crippen molar-refractivity contribution in [1.29, 1.82) is 0 Å². The van der Waals surface area contributed by atoms with E-state index in [0.717, 1.165) is 25.7 Å². The highest BCUT2D eigenvalue weighted by Gasteiger charge is 2.15. The van der Waals surface area contributed by atoms with E-state index in [9.17, 15) is 9.59 Å². The van der Waals surface area contributed by atoms with Crippen molar-refractivity contribution >= 4 is 11.8 Å². The van der Waals surface area contributed by atoms with Gasteiger partial charge in [-0.2, -0.15) is 0 Å². The van der Waals surface area contributed by atoms with Crippen molar-refractivity contribution in [2.24, 2.45) is 5.73 Å². The summed E-state index contributed by atoms with van der Waals surface area (Å²) in [4.78, 5) is 26.9. The highest BCUT2D eigenvalue weighted by molar-refractivity contribution is 6.05. The first-order valence-electron chi connectivity index (χ1n) is 6.81. The molecule has 0 aliphatic carbocycles. The average Bonchev–Trinajstić information content (AvgIpc) is 2.47. The fraction of sp³-hybridized carbons (Fsp3) is 0.500. The van der Waals surface area contributed by atoms with Crippen LogP contribution in [0.1, 0.15) is 43.1 Å². The summed E-state index contributed by atoms with van der Waals surface area (Å²) in [6, 6.07) is 3.34. The summed E-state index contributed by atoms with van der Waals surface area (Å²) in [5, 5.41) is 2.15. The number of imide groups is 1. The van der Waals surface area contributed by atoms with E-state index in [1.807, 2.05) is 0 Å². The number of nitrogens with two attached hydrogens (primary N) is 1. The molecule has 110 valence electrons. The van der Waals surface area contributed by atoms with Crippen molar-refractivity contribution in [2.45, 2.75) is 32.6 Å². The van der Waals surface area contributed by atoms with Gasteiger partial charge in [-0.25, -0.2) is 4.98 Å². The van der Waals surface area contributed by atoms with E-state index in [1.54, 1.807) is 12.1 Å². The Kier molecular flexibility index (Phi) is 7.27. The minimum absolute atomic E-state index is 0.102. The topological polar surface area (TPSA) is 94.3 Å². The number of carbonyl (C=O) groups is 2. The molecule has 0 atom stereocenters. The maximum Gasteiger partial charge on any atom is 0.280 e. The third-order valence-electron chi connectivity index (χ3n) is 2.68. The van der Waals surface area contributed by atoms with Crippen LogP contribution in [0.25, 0.3) is 0 Å². The molecule has 0 spiro atoms. The number of nitrogens with one attached hydrogen (secondary N) is 1. The van der Waals surface area contributed by atoms with Crippen molar-refractivity contribution in [3.8, 4) is 5.75 Å². The number of rotatable bonds is 8. The molecule has 0 aliphatic heterocycles. The molecule has 0 radical (unpaired) electrons. The van der Waals surface area contributed by atoms with Crippen LogP contribution in [0.5, 0.6) is 5.75 Å². The van der Waals surface area contributed by atoms with Gasteiger partial charge >= 0.3 is 0 Å². The lowest BCUT2D eigenvalue weighted by Crippen LogP contribution is -2.36. The molecule has 0 aliphatic rings. The molecule has 1 aromatic heterocycles. The zero-order chi connectivity index (χ0) is 14.8. The Morgan fingerprint density at radius 1 is 1.35 bits per heavy atom. The van der Waals surface area contributed by atoms with Gasteiger partial charge in [-0.3, -0.25) is 14.9 Å². The summed E-state index contributed by atoms with van der Waals surface area (Å²) in [5.74, 6) is -0.759. The fourth-order valence-corrected chi connectivity index (χ4v) is 1.63. The summed E-state index contributed by atoms with van der Waals surface area (Å²) < 4.78 is 5.55. The quantitative estimate of drug-likeness (QED) is 0.698. The van der Waals surface area contributed by atoms with Gasteiger partial charge in [0.05, 0.1) is 13.2 Å². The second-order valence-electron chi connectivity index (χ2n) is 4.34. The third-order valence-corrected chi connectivity index (χ3v) is 2.68. The van der Waals surface area contributed by atoms with Crippen LogP contribution in [0.4, 0.5) is 0 Å². The molecule has 0 unspecified atom stereocenters. The van der Waals surface area contributed by atoms with Crippen LogP contribution < -0.4 is 15.8 Å². The summed E-state index contributed by atoms with van der Waals surface area (Å²) in [6.07, 6.45) is 5.80. The van der Waals surface area contributed by atoms with Gasteiger partial charge in [0.25, 0.3) is 5.91 Å². The van der Waals surface area contributed by atoms with Crippen LogP contribution in [-0.2, 0) is 4.79 Å². The maximum atomic E-state index is 11.8. The number of aromatic nitrogens is 1. The Labute approximate surface area is 118 Å². The molecule has 0 fully saturated rings. The van der Waals surface area contributed by atoms with E-state index in [2.05, 4.69) is 17.2 Å². The van der Waals surface area contributed by atoms with Gasteiger partial charge in [0, 0.05) is 6.20 Å². The number of hydrogen-bond acceptors (Lipinski definition) is 5. The molecule has 1 rings (SSSR count). The van der Waals surface area contributed by atoms with Crippen molar-refractivity contribution in [1.82, 2.24) is 10.3 Å². The van der Waals surface area contributed by atoms with Crippen LogP contribution in [0.15, 0.2) is 18.3 Å². The summed E-state index contributed by atoms with van der Waals surface area (Å²) in [5.41, 5.74) is 5.25. The first-order chi connectivity index (χ1) is 9.69. The summed E-state index contributed by atoms with van der Waals surface area (Å²) in [7, 11) is 0.